The highest BCUT2D eigenvalue weighted by atomic mass is 35.5. The molecule has 0 bridgehead atoms. The fraction of sp³-hybridized carbons (Fsp3) is 0.231. The summed E-state index contributed by atoms with van der Waals surface area (Å²) < 4.78 is 43.8. The molecule has 0 spiro atoms. The molecule has 25 heavy (non-hydrogen) atoms. The number of nitrogens with zero attached hydrogens (tertiary/aromatic N) is 2. The van der Waals surface area contributed by atoms with E-state index in [2.05, 4.69) is 14.9 Å². The summed E-state index contributed by atoms with van der Waals surface area (Å²) in [6.45, 7) is 2.76. The first-order valence-corrected chi connectivity index (χ1v) is 8.65. The molecule has 12 heteroatoms. The zero-order chi connectivity index (χ0) is 18.9. The topological polar surface area (TPSA) is 114 Å². The third-order valence-corrected chi connectivity index (χ3v) is 3.86. The number of benzene rings is 1. The van der Waals surface area contributed by atoms with Crippen molar-refractivity contribution in [2.75, 3.05) is 5.32 Å². The van der Waals surface area contributed by atoms with Crippen molar-refractivity contribution < 1.29 is 32.5 Å². The molecular weight excluding hydrogens is 383 g/mol. The smallest absolute Gasteiger partial charge is 0.318 e. The second kappa shape index (κ2) is 7.19. The van der Waals surface area contributed by atoms with Crippen molar-refractivity contribution >= 4 is 31.0 Å². The maximum Gasteiger partial charge on any atom is 0.471 e. The van der Waals surface area contributed by atoms with Crippen LogP contribution in [0.25, 0.3) is 0 Å². The number of anilines is 1. The van der Waals surface area contributed by atoms with E-state index in [1.807, 2.05) is 0 Å². The lowest BCUT2D eigenvalue weighted by atomic mass is 10.2. The Labute approximate surface area is 145 Å². The molecule has 1 unspecified atom stereocenters. The van der Waals surface area contributed by atoms with Gasteiger partial charge in [-0.25, -0.2) is 18.0 Å². The van der Waals surface area contributed by atoms with Crippen LogP contribution in [-0.2, 0) is 9.09 Å². The second-order valence-corrected chi connectivity index (χ2v) is 6.58. The monoisotopic (exact) mass is 395 g/mol. The van der Waals surface area contributed by atoms with Gasteiger partial charge in [0.2, 0.25) is 0 Å². The molecule has 0 radical (unpaired) electrons. The van der Waals surface area contributed by atoms with Crippen molar-refractivity contribution in [1.82, 2.24) is 9.78 Å². The highest BCUT2D eigenvalue weighted by Crippen LogP contribution is 2.41. The molecule has 0 saturated heterocycles. The van der Waals surface area contributed by atoms with Crippen LogP contribution >= 0.6 is 19.4 Å². The Morgan fingerprint density at radius 3 is 2.64 bits per heavy atom. The minimum absolute atomic E-state index is 0.220. The van der Waals surface area contributed by atoms with Crippen LogP contribution in [-0.4, -0.2) is 25.5 Å². The lowest BCUT2D eigenvalue weighted by Gasteiger charge is -2.16. The highest BCUT2D eigenvalue weighted by Gasteiger charge is 2.30. The van der Waals surface area contributed by atoms with Gasteiger partial charge in [-0.15, -0.1) is 0 Å². The summed E-state index contributed by atoms with van der Waals surface area (Å²) in [4.78, 5) is 29.9. The van der Waals surface area contributed by atoms with Crippen molar-refractivity contribution in [1.29, 1.82) is 0 Å². The predicted molar refractivity (Wildman–Crippen MR) is 84.1 cm³/mol. The molecule has 1 aromatic carbocycles. The normalized spacial score (nSPS) is 12.9. The summed E-state index contributed by atoms with van der Waals surface area (Å²) in [5.74, 6) is -3.11. The summed E-state index contributed by atoms with van der Waals surface area (Å²) in [5, 5.41) is 4.91. The van der Waals surface area contributed by atoms with Crippen LogP contribution in [0, 0.1) is 18.6 Å². The molecule has 2 rings (SSSR count). The zero-order valence-electron chi connectivity index (χ0n) is 12.9. The average Bonchev–Trinajstić information content (AvgIpc) is 2.76. The Morgan fingerprint density at radius 1 is 1.44 bits per heavy atom. The van der Waals surface area contributed by atoms with Gasteiger partial charge in [-0.3, -0.25) is 9.32 Å². The first-order chi connectivity index (χ1) is 11.5. The summed E-state index contributed by atoms with van der Waals surface area (Å²) in [6, 6.07) is 3.97. The van der Waals surface area contributed by atoms with Gasteiger partial charge in [0.1, 0.15) is 5.82 Å². The van der Waals surface area contributed by atoms with Crippen LogP contribution in [0.5, 0.6) is 0 Å². The number of rotatable bonds is 5. The maximum absolute atomic E-state index is 14.1. The molecule has 0 aliphatic heterocycles. The first-order valence-electron chi connectivity index (χ1n) is 6.74. The van der Waals surface area contributed by atoms with Crippen LogP contribution < -0.4 is 5.32 Å². The number of phosphoric acid groups is 1. The van der Waals surface area contributed by atoms with Crippen LogP contribution in [0.1, 0.15) is 29.2 Å². The van der Waals surface area contributed by atoms with Gasteiger partial charge in [0.25, 0.3) is 5.91 Å². The van der Waals surface area contributed by atoms with Gasteiger partial charge in [0.05, 0.1) is 5.69 Å². The SMILES string of the molecule is Cc1ccc(NC(=O)c2c(F)c(Cl)nn2C(C)OP(=O)(O)O)c(F)c1. The molecule has 1 atom stereocenters. The molecule has 0 saturated carbocycles. The summed E-state index contributed by atoms with van der Waals surface area (Å²) >= 11 is 5.54. The third-order valence-electron chi connectivity index (χ3n) is 3.04. The molecule has 1 aromatic heterocycles. The number of aromatic nitrogens is 2. The largest absolute Gasteiger partial charge is 0.471 e. The number of hydrogen-bond acceptors (Lipinski definition) is 4. The minimum Gasteiger partial charge on any atom is -0.318 e. The zero-order valence-corrected chi connectivity index (χ0v) is 14.6. The third kappa shape index (κ3) is 4.62. The molecule has 1 amide bonds. The Kier molecular flexibility index (Phi) is 5.60. The minimum atomic E-state index is -4.94. The van der Waals surface area contributed by atoms with E-state index in [1.54, 1.807) is 6.92 Å². The van der Waals surface area contributed by atoms with Gasteiger partial charge in [-0.2, -0.15) is 5.10 Å². The number of amides is 1. The van der Waals surface area contributed by atoms with Gasteiger partial charge in [-0.05, 0) is 31.5 Å². The number of halogens is 3. The van der Waals surface area contributed by atoms with E-state index in [-0.39, 0.29) is 5.69 Å². The van der Waals surface area contributed by atoms with E-state index in [0.29, 0.717) is 10.2 Å². The fourth-order valence-electron chi connectivity index (χ4n) is 2.00. The van der Waals surface area contributed by atoms with E-state index in [0.717, 1.165) is 13.0 Å². The number of aryl methyl sites for hydroxylation is 1. The number of carbonyl (C=O) groups is 1. The molecular formula is C13H13ClF2N3O5P. The van der Waals surface area contributed by atoms with Gasteiger partial charge in [0.15, 0.2) is 22.9 Å². The molecule has 0 aliphatic carbocycles. The van der Waals surface area contributed by atoms with Crippen molar-refractivity contribution in [2.24, 2.45) is 0 Å². The quantitative estimate of drug-likeness (QED) is 0.671. The summed E-state index contributed by atoms with van der Waals surface area (Å²) in [6.07, 6.45) is -1.52. The average molecular weight is 396 g/mol. The molecule has 0 fully saturated rings. The lowest BCUT2D eigenvalue weighted by Crippen LogP contribution is -2.22. The standard InChI is InChI=1S/C13H13ClF2N3O5P/c1-6-3-4-9(8(15)5-6)17-13(20)11-10(16)12(14)18-19(11)7(2)24-25(21,22)23/h3-5,7H,1-2H3,(H,17,20)(H2,21,22,23). The number of carbonyl (C=O) groups excluding carboxylic acids is 1. The molecule has 2 aromatic rings. The fourth-order valence-corrected chi connectivity index (χ4v) is 2.66. The second-order valence-electron chi connectivity index (χ2n) is 5.03. The summed E-state index contributed by atoms with van der Waals surface area (Å²) in [7, 11) is -4.94. The summed E-state index contributed by atoms with van der Waals surface area (Å²) in [5.41, 5.74) is -0.383. The molecule has 3 N–H and O–H groups in total. The lowest BCUT2D eigenvalue weighted by molar-refractivity contribution is 0.0798. The van der Waals surface area contributed by atoms with Gasteiger partial charge in [0, 0.05) is 0 Å². The van der Waals surface area contributed by atoms with Crippen LogP contribution in [0.3, 0.4) is 0 Å². The van der Waals surface area contributed by atoms with Crippen LogP contribution in [0.2, 0.25) is 5.15 Å². The van der Waals surface area contributed by atoms with Crippen molar-refractivity contribution in [3.8, 4) is 0 Å². The first kappa shape index (κ1) is 19.5. The van der Waals surface area contributed by atoms with Gasteiger partial charge in [-0.1, -0.05) is 17.7 Å². The van der Waals surface area contributed by atoms with Crippen LogP contribution in [0.4, 0.5) is 14.5 Å². The van der Waals surface area contributed by atoms with Gasteiger partial charge >= 0.3 is 7.82 Å². The van der Waals surface area contributed by atoms with Crippen molar-refractivity contribution in [3.05, 3.63) is 46.2 Å². The Bertz CT molecular complexity index is 870. The molecule has 1 heterocycles. The molecule has 0 aliphatic rings. The maximum atomic E-state index is 14.1. The Hall–Kier alpha value is -1.84. The molecule has 136 valence electrons. The number of nitrogens with one attached hydrogen (secondary N) is 1. The molecule has 8 nitrogen and oxygen atoms in total. The number of hydrogen-bond donors (Lipinski definition) is 3. The van der Waals surface area contributed by atoms with E-state index >= 15 is 0 Å². The van der Waals surface area contributed by atoms with E-state index in [9.17, 15) is 18.1 Å². The van der Waals surface area contributed by atoms with E-state index in [4.69, 9.17) is 21.4 Å². The highest BCUT2D eigenvalue weighted by molar-refractivity contribution is 7.46. The van der Waals surface area contributed by atoms with Crippen molar-refractivity contribution in [3.63, 3.8) is 0 Å². The van der Waals surface area contributed by atoms with E-state index < -0.39 is 42.4 Å². The Balaban J connectivity index is 2.37. The van der Waals surface area contributed by atoms with Crippen molar-refractivity contribution in [2.45, 2.75) is 20.1 Å². The van der Waals surface area contributed by atoms with Crippen LogP contribution in [0.15, 0.2) is 18.2 Å². The number of phosphoric ester groups is 1. The Morgan fingerprint density at radius 2 is 2.08 bits per heavy atom. The van der Waals surface area contributed by atoms with Gasteiger partial charge < -0.3 is 15.1 Å². The van der Waals surface area contributed by atoms with E-state index in [1.165, 1.54) is 12.1 Å². The predicted octanol–water partition coefficient (Wildman–Crippen LogP) is 3.00.